The summed E-state index contributed by atoms with van der Waals surface area (Å²) in [5.41, 5.74) is 0.676. The first kappa shape index (κ1) is 23.5. The largest absolute Gasteiger partial charge is 0.493 e. The summed E-state index contributed by atoms with van der Waals surface area (Å²) in [7, 11) is 0.554. The monoisotopic (exact) mass is 438 g/mol. The van der Waals surface area contributed by atoms with Crippen molar-refractivity contribution in [3.05, 3.63) is 53.8 Å². The lowest BCUT2D eigenvalue weighted by Crippen LogP contribution is -2.43. The first-order valence-electron chi connectivity index (χ1n) is 9.44. The van der Waals surface area contributed by atoms with Crippen LogP contribution in [0.2, 0.25) is 0 Å². The van der Waals surface area contributed by atoms with Crippen LogP contribution >= 0.6 is 0 Å². The Hall–Kier alpha value is -2.81. The molecule has 0 saturated carbocycles. The second kappa shape index (κ2) is 9.80. The number of halogens is 1. The van der Waals surface area contributed by atoms with E-state index in [0.717, 1.165) is 30.7 Å². The molecule has 30 heavy (non-hydrogen) atoms. The molecule has 0 saturated heterocycles. The summed E-state index contributed by atoms with van der Waals surface area (Å²) >= 11 is 0. The summed E-state index contributed by atoms with van der Waals surface area (Å²) in [6, 6.07) is 9.02. The van der Waals surface area contributed by atoms with Crippen molar-refractivity contribution >= 4 is 16.1 Å². The molecule has 0 radical (unpaired) electrons. The molecular weight excluding hydrogens is 411 g/mol. The van der Waals surface area contributed by atoms with Gasteiger partial charge in [-0.05, 0) is 55.3 Å². The molecule has 7 nitrogen and oxygen atoms in total. The lowest BCUT2D eigenvalue weighted by molar-refractivity contribution is 0.148. The van der Waals surface area contributed by atoms with Gasteiger partial charge in [-0.15, -0.1) is 0 Å². The molecule has 0 N–H and O–H groups in total. The lowest BCUT2D eigenvalue weighted by Gasteiger charge is -2.31. The third-order valence-corrected chi connectivity index (χ3v) is 5.88. The van der Waals surface area contributed by atoms with E-state index in [0.29, 0.717) is 5.56 Å². The Kier molecular flexibility index (Phi) is 7.66. The van der Waals surface area contributed by atoms with Crippen molar-refractivity contribution in [2.24, 2.45) is 0 Å². The maximum Gasteiger partial charge on any atom is 0.339 e. The number of carbonyl (C=O) groups excluding carboxylic acids is 1. The van der Waals surface area contributed by atoms with Crippen molar-refractivity contribution in [2.45, 2.75) is 37.8 Å². The van der Waals surface area contributed by atoms with E-state index in [2.05, 4.69) is 0 Å². The maximum absolute atomic E-state index is 13.1. The van der Waals surface area contributed by atoms with Gasteiger partial charge in [0.15, 0.2) is 11.5 Å². The van der Waals surface area contributed by atoms with Crippen molar-refractivity contribution in [1.29, 1.82) is 0 Å². The number of rotatable bonds is 8. The van der Waals surface area contributed by atoms with E-state index in [1.54, 1.807) is 31.1 Å². The molecule has 0 aliphatic heterocycles. The highest BCUT2D eigenvalue weighted by atomic mass is 32.2. The number of hydrogen-bond acceptors (Lipinski definition) is 5. The number of hydrogen-bond donors (Lipinski definition) is 0. The van der Waals surface area contributed by atoms with Gasteiger partial charge in [-0.1, -0.05) is 13.0 Å². The maximum atomic E-state index is 13.1. The Labute approximate surface area is 177 Å². The molecule has 0 bridgehead atoms. The number of nitrogens with zero attached hydrogens (tertiary/aromatic N) is 2. The van der Waals surface area contributed by atoms with E-state index >= 15 is 0 Å². The van der Waals surface area contributed by atoms with Crippen molar-refractivity contribution < 1.29 is 26.5 Å². The molecule has 0 aliphatic rings. The number of amides is 2. The van der Waals surface area contributed by atoms with Gasteiger partial charge in [-0.25, -0.2) is 9.18 Å². The smallest absolute Gasteiger partial charge is 0.339 e. The van der Waals surface area contributed by atoms with Crippen molar-refractivity contribution in [3.63, 3.8) is 0 Å². The summed E-state index contributed by atoms with van der Waals surface area (Å²) in [5.74, 6) is -0.344. The van der Waals surface area contributed by atoms with Gasteiger partial charge in [-0.3, -0.25) is 0 Å². The number of benzene rings is 2. The zero-order valence-corrected chi connectivity index (χ0v) is 18.6. The molecule has 0 aliphatic carbocycles. The molecule has 0 aromatic heterocycles. The average Bonchev–Trinajstić information content (AvgIpc) is 2.71. The van der Waals surface area contributed by atoms with Crippen LogP contribution in [0.15, 0.2) is 47.4 Å². The third-order valence-electron chi connectivity index (χ3n) is 4.63. The minimum atomic E-state index is -4.19. The van der Waals surface area contributed by atoms with Gasteiger partial charge in [0.25, 0.3) is 0 Å². The van der Waals surface area contributed by atoms with E-state index in [4.69, 9.17) is 8.92 Å². The Morgan fingerprint density at radius 1 is 1.10 bits per heavy atom. The summed E-state index contributed by atoms with van der Waals surface area (Å²) < 4.78 is 48.8. The molecule has 2 aromatic carbocycles. The third kappa shape index (κ3) is 5.63. The van der Waals surface area contributed by atoms with Crippen molar-refractivity contribution in [3.8, 4) is 11.5 Å². The molecule has 9 heteroatoms. The van der Waals surface area contributed by atoms with Crippen LogP contribution < -0.4 is 8.92 Å². The molecule has 2 aromatic rings. The zero-order valence-electron chi connectivity index (χ0n) is 17.8. The van der Waals surface area contributed by atoms with Crippen LogP contribution in [0.25, 0.3) is 0 Å². The van der Waals surface area contributed by atoms with Gasteiger partial charge in [0.2, 0.25) is 0 Å². The minimum absolute atomic E-state index is 0.0132. The van der Waals surface area contributed by atoms with Crippen LogP contribution in [0.1, 0.15) is 25.8 Å². The number of carbonyl (C=O) groups is 1. The van der Waals surface area contributed by atoms with Crippen LogP contribution in [0.4, 0.5) is 9.18 Å². The summed E-state index contributed by atoms with van der Waals surface area (Å²) in [6.45, 7) is 4.20. The second-order valence-corrected chi connectivity index (χ2v) is 8.59. The molecule has 164 valence electrons. The van der Waals surface area contributed by atoms with E-state index < -0.39 is 15.9 Å². The van der Waals surface area contributed by atoms with Gasteiger partial charge in [0.1, 0.15) is 10.7 Å². The van der Waals surface area contributed by atoms with E-state index in [1.807, 2.05) is 13.8 Å². The van der Waals surface area contributed by atoms with Gasteiger partial charge >= 0.3 is 16.1 Å². The van der Waals surface area contributed by atoms with Gasteiger partial charge in [0, 0.05) is 26.7 Å². The summed E-state index contributed by atoms with van der Waals surface area (Å²) in [4.78, 5) is 15.6. The quantitative estimate of drug-likeness (QED) is 0.585. The van der Waals surface area contributed by atoms with E-state index in [-0.39, 0.29) is 35.0 Å². The summed E-state index contributed by atoms with van der Waals surface area (Å²) in [5, 5.41) is 0. The topological polar surface area (TPSA) is 76.1 Å². The van der Waals surface area contributed by atoms with Crippen LogP contribution in [0.5, 0.6) is 11.5 Å². The number of methoxy groups -OCH3 is 1. The first-order valence-corrected chi connectivity index (χ1v) is 10.8. The molecule has 2 amide bonds. The normalized spacial score (nSPS) is 12.2. The Morgan fingerprint density at radius 3 is 2.27 bits per heavy atom. The fraction of sp³-hybridized carbons (Fsp3) is 0.381. The highest BCUT2D eigenvalue weighted by molar-refractivity contribution is 7.87. The molecule has 1 atom stereocenters. The molecule has 0 spiro atoms. The lowest BCUT2D eigenvalue weighted by atomic mass is 10.1. The molecule has 2 rings (SSSR count). The Balaban J connectivity index is 2.36. The van der Waals surface area contributed by atoms with Gasteiger partial charge < -0.3 is 18.7 Å². The van der Waals surface area contributed by atoms with E-state index in [9.17, 15) is 17.6 Å². The van der Waals surface area contributed by atoms with E-state index in [1.165, 1.54) is 18.1 Å². The predicted molar refractivity (Wildman–Crippen MR) is 112 cm³/mol. The van der Waals surface area contributed by atoms with Crippen LogP contribution in [-0.2, 0) is 16.7 Å². The first-order chi connectivity index (χ1) is 14.1. The van der Waals surface area contributed by atoms with Crippen LogP contribution in [-0.4, -0.2) is 51.5 Å². The number of urea groups is 1. The SMILES string of the molecule is CCC(C)N(Cc1ccc(OC)c(OS(=O)(=O)c2ccc(F)cc2)c1)C(=O)N(C)C. The summed E-state index contributed by atoms with van der Waals surface area (Å²) in [6.07, 6.45) is 0.762. The van der Waals surface area contributed by atoms with Crippen LogP contribution in [0.3, 0.4) is 0 Å². The van der Waals surface area contributed by atoms with Crippen LogP contribution in [0, 0.1) is 5.82 Å². The molecule has 1 unspecified atom stereocenters. The standard InChI is InChI=1S/C21H27FN2O5S/c1-6-15(2)24(21(25)23(3)4)14-16-7-12-19(28-5)20(13-16)29-30(26,27)18-10-8-17(22)9-11-18/h7-13,15H,6,14H2,1-5H3. The second-order valence-electron chi connectivity index (χ2n) is 7.04. The van der Waals surface area contributed by atoms with Gasteiger partial charge in [0.05, 0.1) is 7.11 Å². The predicted octanol–water partition coefficient (Wildman–Crippen LogP) is 3.88. The highest BCUT2D eigenvalue weighted by Crippen LogP contribution is 2.31. The average molecular weight is 439 g/mol. The fourth-order valence-electron chi connectivity index (χ4n) is 2.74. The minimum Gasteiger partial charge on any atom is -0.493 e. The molecular formula is C21H27FN2O5S. The zero-order chi connectivity index (χ0) is 22.5. The molecule has 0 heterocycles. The Morgan fingerprint density at radius 2 is 1.73 bits per heavy atom. The van der Waals surface area contributed by atoms with Crippen molar-refractivity contribution in [2.75, 3.05) is 21.2 Å². The fourth-order valence-corrected chi connectivity index (χ4v) is 3.67. The van der Waals surface area contributed by atoms with Gasteiger partial charge in [-0.2, -0.15) is 8.42 Å². The number of ether oxygens (including phenoxy) is 1. The Bertz CT molecular complexity index is 977. The highest BCUT2D eigenvalue weighted by Gasteiger charge is 2.23. The molecule has 0 fully saturated rings. The van der Waals surface area contributed by atoms with Crippen molar-refractivity contribution in [1.82, 2.24) is 9.80 Å².